The van der Waals surface area contributed by atoms with Gasteiger partial charge in [-0.1, -0.05) is 12.1 Å². The van der Waals surface area contributed by atoms with Crippen molar-refractivity contribution in [3.8, 4) is 5.75 Å². The Hall–Kier alpha value is -2.60. The van der Waals surface area contributed by atoms with Gasteiger partial charge in [-0.15, -0.1) is 0 Å². The number of benzene rings is 2. The maximum Gasteiger partial charge on any atom is 0.142 e. The summed E-state index contributed by atoms with van der Waals surface area (Å²) in [7, 11) is 0. The minimum absolute atomic E-state index is 0.234. The van der Waals surface area contributed by atoms with Crippen LogP contribution in [0.4, 0.5) is 10.1 Å². The number of ether oxygens (including phenoxy) is 1. The van der Waals surface area contributed by atoms with Crippen LogP contribution in [-0.2, 0) is 6.42 Å². The number of para-hydroxylation sites is 1. The number of nitrogens with zero attached hydrogens (tertiary/aromatic N) is 3. The topological polar surface area (TPSA) is 44.4 Å². The lowest BCUT2D eigenvalue weighted by Crippen LogP contribution is -2.48. The van der Waals surface area contributed by atoms with E-state index < -0.39 is 0 Å². The van der Waals surface area contributed by atoms with Gasteiger partial charge < -0.3 is 14.5 Å². The Kier molecular flexibility index (Phi) is 4.01. The fourth-order valence-electron chi connectivity index (χ4n) is 5.56. The summed E-state index contributed by atoms with van der Waals surface area (Å²) in [5.41, 5.74) is 4.65. The molecule has 1 N–H and O–H groups in total. The zero-order valence-corrected chi connectivity index (χ0v) is 16.4. The smallest absolute Gasteiger partial charge is 0.142 e. The normalized spacial score (nSPS) is 23.1. The van der Waals surface area contributed by atoms with E-state index in [4.69, 9.17) is 4.74 Å². The van der Waals surface area contributed by atoms with Crippen LogP contribution in [0.25, 0.3) is 10.9 Å². The van der Waals surface area contributed by atoms with Crippen LogP contribution in [0.1, 0.15) is 30.0 Å². The monoisotopic (exact) mass is 392 g/mol. The number of anilines is 1. The highest BCUT2D eigenvalue weighted by Gasteiger charge is 2.44. The third-order valence-corrected chi connectivity index (χ3v) is 6.86. The van der Waals surface area contributed by atoms with Gasteiger partial charge in [0.05, 0.1) is 17.7 Å². The maximum atomic E-state index is 13.4. The molecule has 0 radical (unpaired) electrons. The number of nitrogens with one attached hydrogen (secondary N) is 1. The van der Waals surface area contributed by atoms with E-state index in [2.05, 4.69) is 38.2 Å². The molecular weight excluding hydrogens is 367 g/mol. The number of hydrogen-bond donors (Lipinski definition) is 1. The largest absolute Gasteiger partial charge is 0.490 e. The first-order valence-electron chi connectivity index (χ1n) is 10.6. The molecule has 1 saturated heterocycles. The maximum absolute atomic E-state index is 13.4. The summed E-state index contributed by atoms with van der Waals surface area (Å²) in [4.78, 5) is 5.21. The number of piperidine rings is 1. The molecule has 0 saturated carbocycles. The number of rotatable bonds is 4. The Morgan fingerprint density at radius 2 is 2.17 bits per heavy atom. The Balaban J connectivity index is 1.13. The number of fused-ring (bicyclic) bond motifs is 4. The minimum Gasteiger partial charge on any atom is -0.490 e. The zero-order chi connectivity index (χ0) is 19.4. The third kappa shape index (κ3) is 2.81. The second kappa shape index (κ2) is 6.73. The van der Waals surface area contributed by atoms with Gasteiger partial charge in [0.15, 0.2) is 0 Å². The van der Waals surface area contributed by atoms with Crippen molar-refractivity contribution in [3.63, 3.8) is 0 Å². The zero-order valence-electron chi connectivity index (χ0n) is 16.4. The quantitative estimate of drug-likeness (QED) is 0.735. The average Bonchev–Trinajstić information content (AvgIpc) is 3.29. The van der Waals surface area contributed by atoms with Crippen molar-refractivity contribution in [1.82, 2.24) is 15.1 Å². The molecular formula is C23H25FN4O. The molecule has 4 heterocycles. The van der Waals surface area contributed by atoms with Gasteiger partial charge in [0.2, 0.25) is 0 Å². The minimum atomic E-state index is -0.234. The van der Waals surface area contributed by atoms with Gasteiger partial charge in [-0.2, -0.15) is 5.10 Å². The summed E-state index contributed by atoms with van der Waals surface area (Å²) in [5, 5.41) is 8.39. The van der Waals surface area contributed by atoms with E-state index in [1.54, 1.807) is 0 Å². The fourth-order valence-corrected chi connectivity index (χ4v) is 5.56. The summed E-state index contributed by atoms with van der Waals surface area (Å²) < 4.78 is 19.3. The lowest BCUT2D eigenvalue weighted by Gasteiger charge is -2.40. The molecule has 0 unspecified atom stereocenters. The fraction of sp³-hybridized carbons (Fsp3) is 0.435. The first kappa shape index (κ1) is 17.3. The van der Waals surface area contributed by atoms with Crippen LogP contribution in [-0.4, -0.2) is 53.9 Å². The molecule has 3 aliphatic rings. The van der Waals surface area contributed by atoms with Crippen molar-refractivity contribution in [2.75, 3.05) is 37.7 Å². The molecule has 0 aliphatic carbocycles. The van der Waals surface area contributed by atoms with Crippen LogP contribution in [0, 0.1) is 5.82 Å². The van der Waals surface area contributed by atoms with E-state index in [-0.39, 0.29) is 5.82 Å². The van der Waals surface area contributed by atoms with Crippen LogP contribution in [0.2, 0.25) is 0 Å². The molecule has 2 atom stereocenters. The number of halogens is 1. The van der Waals surface area contributed by atoms with Crippen molar-refractivity contribution in [2.24, 2.45) is 0 Å². The third-order valence-electron chi connectivity index (χ3n) is 6.86. The summed E-state index contributed by atoms with van der Waals surface area (Å²) in [6.07, 6.45) is 3.23. The highest BCUT2D eigenvalue weighted by molar-refractivity contribution is 5.81. The Bertz CT molecular complexity index is 1060. The standard InChI is InChI=1S/C23H25FN4O/c24-15-6-7-17-19(25-26-20(17)13-15)4-2-9-27-10-8-21-18(14-27)16-3-1-5-22-23(16)28(21)11-12-29-22/h1,3,5-7,13,18,21H,2,4,8-12,14H2,(H,25,26)/t18-,21-/m0/s1. The van der Waals surface area contributed by atoms with Gasteiger partial charge in [0.25, 0.3) is 0 Å². The summed E-state index contributed by atoms with van der Waals surface area (Å²) in [5.74, 6) is 1.41. The van der Waals surface area contributed by atoms with Crippen molar-refractivity contribution in [3.05, 3.63) is 53.5 Å². The Labute approximate surface area is 169 Å². The highest BCUT2D eigenvalue weighted by atomic mass is 19.1. The van der Waals surface area contributed by atoms with E-state index in [1.165, 1.54) is 29.8 Å². The summed E-state index contributed by atoms with van der Waals surface area (Å²) >= 11 is 0. The molecule has 0 spiro atoms. The van der Waals surface area contributed by atoms with Gasteiger partial charge in [0.1, 0.15) is 18.2 Å². The van der Waals surface area contributed by atoms with Gasteiger partial charge in [0, 0.05) is 42.2 Å². The van der Waals surface area contributed by atoms with Crippen LogP contribution >= 0.6 is 0 Å². The molecule has 0 bridgehead atoms. The van der Waals surface area contributed by atoms with Crippen molar-refractivity contribution in [1.29, 1.82) is 0 Å². The number of aryl methyl sites for hydroxylation is 1. The van der Waals surface area contributed by atoms with Crippen molar-refractivity contribution >= 4 is 16.6 Å². The molecule has 1 aromatic heterocycles. The van der Waals surface area contributed by atoms with E-state index in [9.17, 15) is 4.39 Å². The molecule has 3 aromatic rings. The highest BCUT2D eigenvalue weighted by Crippen LogP contribution is 2.50. The molecule has 29 heavy (non-hydrogen) atoms. The van der Waals surface area contributed by atoms with E-state index in [0.717, 1.165) is 62.5 Å². The number of aromatic nitrogens is 2. The molecule has 6 rings (SSSR count). The first-order chi connectivity index (χ1) is 14.3. The van der Waals surface area contributed by atoms with Crippen LogP contribution in [0.3, 0.4) is 0 Å². The number of H-pyrrole nitrogens is 1. The lowest BCUT2D eigenvalue weighted by atomic mass is 9.89. The SMILES string of the molecule is Fc1ccc2c(CCCN3CC[C@H]4[C@@H](C3)c3cccc5c3N4CCO5)[nH]nc2c1. The second-order valence-corrected chi connectivity index (χ2v) is 8.47. The van der Waals surface area contributed by atoms with E-state index >= 15 is 0 Å². The lowest BCUT2D eigenvalue weighted by molar-refractivity contribution is 0.188. The van der Waals surface area contributed by atoms with Crippen LogP contribution in [0.5, 0.6) is 5.75 Å². The van der Waals surface area contributed by atoms with Gasteiger partial charge in [-0.25, -0.2) is 4.39 Å². The first-order valence-corrected chi connectivity index (χ1v) is 10.6. The molecule has 6 heteroatoms. The second-order valence-electron chi connectivity index (χ2n) is 8.47. The molecule has 5 nitrogen and oxygen atoms in total. The average molecular weight is 392 g/mol. The predicted molar refractivity (Wildman–Crippen MR) is 111 cm³/mol. The van der Waals surface area contributed by atoms with Crippen molar-refractivity contribution in [2.45, 2.75) is 31.2 Å². The Morgan fingerprint density at radius 1 is 1.21 bits per heavy atom. The number of likely N-dealkylation sites (tertiary alicyclic amines) is 1. The number of hydrogen-bond acceptors (Lipinski definition) is 4. The van der Waals surface area contributed by atoms with E-state index in [0.29, 0.717) is 17.5 Å². The molecule has 150 valence electrons. The molecule has 1 fully saturated rings. The van der Waals surface area contributed by atoms with Crippen molar-refractivity contribution < 1.29 is 9.13 Å². The predicted octanol–water partition coefficient (Wildman–Crippen LogP) is 3.71. The van der Waals surface area contributed by atoms with E-state index in [1.807, 2.05) is 6.07 Å². The number of aromatic amines is 1. The Morgan fingerprint density at radius 3 is 3.14 bits per heavy atom. The summed E-state index contributed by atoms with van der Waals surface area (Å²) in [6.45, 7) is 5.16. The van der Waals surface area contributed by atoms with Gasteiger partial charge >= 0.3 is 0 Å². The van der Waals surface area contributed by atoms with Gasteiger partial charge in [-0.3, -0.25) is 5.10 Å². The van der Waals surface area contributed by atoms with Crippen LogP contribution in [0.15, 0.2) is 36.4 Å². The van der Waals surface area contributed by atoms with Crippen LogP contribution < -0.4 is 9.64 Å². The summed E-state index contributed by atoms with van der Waals surface area (Å²) in [6, 6.07) is 12.0. The molecule has 2 aromatic carbocycles. The molecule has 3 aliphatic heterocycles. The van der Waals surface area contributed by atoms with Gasteiger partial charge in [-0.05, 0) is 49.6 Å². The molecule has 0 amide bonds.